The van der Waals surface area contributed by atoms with E-state index < -0.39 is 0 Å². The van der Waals surface area contributed by atoms with Gasteiger partial charge in [0, 0.05) is 18.8 Å². The van der Waals surface area contributed by atoms with Crippen molar-refractivity contribution in [2.75, 3.05) is 11.9 Å². The Labute approximate surface area is 115 Å². The largest absolute Gasteiger partial charge is 0.343 e. The van der Waals surface area contributed by atoms with Crippen molar-refractivity contribution >= 4 is 11.4 Å². The number of aryl methyl sites for hydroxylation is 1. The van der Waals surface area contributed by atoms with Gasteiger partial charge in [-0.25, -0.2) is 0 Å². The van der Waals surface area contributed by atoms with Gasteiger partial charge in [0.15, 0.2) is 0 Å². The van der Waals surface area contributed by atoms with E-state index in [1.807, 2.05) is 19.3 Å². The molecule has 0 fully saturated rings. The molecule has 0 spiro atoms. The van der Waals surface area contributed by atoms with Gasteiger partial charge in [-0.1, -0.05) is 24.6 Å². The normalized spacial score (nSPS) is 12.2. The third-order valence-electron chi connectivity index (χ3n) is 3.40. The van der Waals surface area contributed by atoms with E-state index in [-0.39, 0.29) is 6.04 Å². The average molecular weight is 255 g/mol. The summed E-state index contributed by atoms with van der Waals surface area (Å²) in [6.07, 6.45) is 2.78. The lowest BCUT2D eigenvalue weighted by molar-refractivity contribution is 0.675. The van der Waals surface area contributed by atoms with Gasteiger partial charge in [0.1, 0.15) is 0 Å². The molecule has 19 heavy (non-hydrogen) atoms. The molecule has 0 saturated heterocycles. The maximum absolute atomic E-state index is 5.97. The van der Waals surface area contributed by atoms with Crippen LogP contribution in [0.1, 0.15) is 30.6 Å². The van der Waals surface area contributed by atoms with Crippen molar-refractivity contribution in [2.45, 2.75) is 26.3 Å². The standard InChI is InChI=1S/C16H21N3/c1-4-15(17)16-10-9-14(11-18-16)19(3)13-7-5-12(2)6-8-13/h5-11,15H,4,17H2,1-3H3. The summed E-state index contributed by atoms with van der Waals surface area (Å²) in [5.41, 5.74) is 10.4. The Morgan fingerprint density at radius 3 is 2.26 bits per heavy atom. The second-order valence-corrected chi connectivity index (χ2v) is 4.85. The zero-order valence-electron chi connectivity index (χ0n) is 11.8. The maximum atomic E-state index is 5.97. The zero-order chi connectivity index (χ0) is 13.8. The van der Waals surface area contributed by atoms with Gasteiger partial charge in [-0.15, -0.1) is 0 Å². The predicted octanol–water partition coefficient (Wildman–Crippen LogP) is 3.57. The van der Waals surface area contributed by atoms with E-state index in [9.17, 15) is 0 Å². The first-order chi connectivity index (χ1) is 9.11. The summed E-state index contributed by atoms with van der Waals surface area (Å²) >= 11 is 0. The molecule has 2 N–H and O–H groups in total. The number of benzene rings is 1. The van der Waals surface area contributed by atoms with Crippen LogP contribution in [0.3, 0.4) is 0 Å². The quantitative estimate of drug-likeness (QED) is 0.908. The van der Waals surface area contributed by atoms with Gasteiger partial charge < -0.3 is 10.6 Å². The lowest BCUT2D eigenvalue weighted by Gasteiger charge is -2.20. The topological polar surface area (TPSA) is 42.1 Å². The Hall–Kier alpha value is -1.87. The monoisotopic (exact) mass is 255 g/mol. The first kappa shape index (κ1) is 13.6. The molecular formula is C16H21N3. The van der Waals surface area contributed by atoms with Crippen molar-refractivity contribution in [3.8, 4) is 0 Å². The second kappa shape index (κ2) is 5.85. The van der Waals surface area contributed by atoms with E-state index in [2.05, 4.69) is 54.1 Å². The molecule has 1 unspecified atom stereocenters. The lowest BCUT2D eigenvalue weighted by atomic mass is 10.1. The molecule has 100 valence electrons. The van der Waals surface area contributed by atoms with Gasteiger partial charge in [-0.05, 0) is 37.6 Å². The molecule has 1 aromatic heterocycles. The third-order valence-corrected chi connectivity index (χ3v) is 3.40. The van der Waals surface area contributed by atoms with Crippen LogP contribution >= 0.6 is 0 Å². The van der Waals surface area contributed by atoms with Gasteiger partial charge in [-0.2, -0.15) is 0 Å². The fourth-order valence-electron chi connectivity index (χ4n) is 1.94. The molecule has 0 bridgehead atoms. The van der Waals surface area contributed by atoms with E-state index in [1.54, 1.807) is 0 Å². The molecule has 2 rings (SSSR count). The Bertz CT molecular complexity index is 517. The number of nitrogens with zero attached hydrogens (tertiary/aromatic N) is 2. The highest BCUT2D eigenvalue weighted by molar-refractivity contribution is 5.61. The Kier molecular flexibility index (Phi) is 4.17. The highest BCUT2D eigenvalue weighted by Crippen LogP contribution is 2.24. The maximum Gasteiger partial charge on any atom is 0.0594 e. The minimum Gasteiger partial charge on any atom is -0.343 e. The Balaban J connectivity index is 2.19. The van der Waals surface area contributed by atoms with Crippen LogP contribution in [-0.4, -0.2) is 12.0 Å². The van der Waals surface area contributed by atoms with E-state index in [0.717, 1.165) is 23.5 Å². The summed E-state index contributed by atoms with van der Waals surface area (Å²) in [5, 5.41) is 0. The summed E-state index contributed by atoms with van der Waals surface area (Å²) in [6, 6.07) is 12.5. The van der Waals surface area contributed by atoms with Crippen LogP contribution in [0.15, 0.2) is 42.6 Å². The van der Waals surface area contributed by atoms with Crippen molar-refractivity contribution in [1.29, 1.82) is 0 Å². The van der Waals surface area contributed by atoms with Crippen LogP contribution in [0, 0.1) is 6.92 Å². The summed E-state index contributed by atoms with van der Waals surface area (Å²) < 4.78 is 0. The minimum absolute atomic E-state index is 0.0266. The fourth-order valence-corrected chi connectivity index (χ4v) is 1.94. The molecule has 0 aliphatic rings. The summed E-state index contributed by atoms with van der Waals surface area (Å²) in [4.78, 5) is 6.57. The smallest absolute Gasteiger partial charge is 0.0594 e. The van der Waals surface area contributed by atoms with Crippen molar-refractivity contribution in [3.05, 3.63) is 53.9 Å². The van der Waals surface area contributed by atoms with Crippen molar-refractivity contribution in [3.63, 3.8) is 0 Å². The minimum atomic E-state index is 0.0266. The number of hydrogen-bond donors (Lipinski definition) is 1. The molecule has 0 aliphatic heterocycles. The molecule has 3 nitrogen and oxygen atoms in total. The van der Waals surface area contributed by atoms with Crippen LogP contribution in [0.2, 0.25) is 0 Å². The van der Waals surface area contributed by atoms with Gasteiger partial charge in [-0.3, -0.25) is 4.98 Å². The molecule has 0 aliphatic carbocycles. The van der Waals surface area contributed by atoms with Crippen molar-refractivity contribution in [1.82, 2.24) is 4.98 Å². The SMILES string of the molecule is CCC(N)c1ccc(N(C)c2ccc(C)cc2)cn1. The van der Waals surface area contributed by atoms with Crippen LogP contribution in [0.5, 0.6) is 0 Å². The van der Waals surface area contributed by atoms with Crippen molar-refractivity contribution in [2.24, 2.45) is 5.73 Å². The third kappa shape index (κ3) is 3.12. The predicted molar refractivity (Wildman–Crippen MR) is 80.7 cm³/mol. The zero-order valence-corrected chi connectivity index (χ0v) is 11.8. The molecule has 0 saturated carbocycles. The number of pyridine rings is 1. The van der Waals surface area contributed by atoms with Crippen molar-refractivity contribution < 1.29 is 0 Å². The number of hydrogen-bond acceptors (Lipinski definition) is 3. The van der Waals surface area contributed by atoms with Gasteiger partial charge in [0.25, 0.3) is 0 Å². The van der Waals surface area contributed by atoms with Crippen LogP contribution < -0.4 is 10.6 Å². The summed E-state index contributed by atoms with van der Waals surface area (Å²) in [5.74, 6) is 0. The van der Waals surface area contributed by atoms with Gasteiger partial charge in [0.05, 0.1) is 17.6 Å². The highest BCUT2D eigenvalue weighted by Gasteiger charge is 2.07. The van der Waals surface area contributed by atoms with Gasteiger partial charge >= 0.3 is 0 Å². The highest BCUT2D eigenvalue weighted by atomic mass is 15.1. The number of rotatable bonds is 4. The summed E-state index contributed by atoms with van der Waals surface area (Å²) in [7, 11) is 2.04. The molecular weight excluding hydrogens is 234 g/mol. The molecule has 2 aromatic rings. The Morgan fingerprint density at radius 1 is 1.11 bits per heavy atom. The molecule has 0 radical (unpaired) electrons. The van der Waals surface area contributed by atoms with E-state index >= 15 is 0 Å². The molecule has 1 heterocycles. The lowest BCUT2D eigenvalue weighted by Crippen LogP contribution is -2.13. The number of nitrogens with two attached hydrogens (primary N) is 1. The van der Waals surface area contributed by atoms with E-state index in [0.29, 0.717) is 0 Å². The fraction of sp³-hybridized carbons (Fsp3) is 0.312. The van der Waals surface area contributed by atoms with Crippen LogP contribution in [0.25, 0.3) is 0 Å². The number of anilines is 2. The first-order valence-electron chi connectivity index (χ1n) is 6.63. The molecule has 1 aromatic carbocycles. The summed E-state index contributed by atoms with van der Waals surface area (Å²) in [6.45, 7) is 4.16. The molecule has 3 heteroatoms. The van der Waals surface area contributed by atoms with E-state index in [1.165, 1.54) is 5.56 Å². The molecule has 1 atom stereocenters. The van der Waals surface area contributed by atoms with E-state index in [4.69, 9.17) is 5.73 Å². The van der Waals surface area contributed by atoms with Crippen LogP contribution in [0.4, 0.5) is 11.4 Å². The van der Waals surface area contributed by atoms with Crippen LogP contribution in [-0.2, 0) is 0 Å². The number of aromatic nitrogens is 1. The second-order valence-electron chi connectivity index (χ2n) is 4.85. The Morgan fingerprint density at radius 2 is 1.74 bits per heavy atom. The average Bonchev–Trinajstić information content (AvgIpc) is 2.46. The first-order valence-corrected chi connectivity index (χ1v) is 6.63. The van der Waals surface area contributed by atoms with Gasteiger partial charge in [0.2, 0.25) is 0 Å². The molecule has 0 amide bonds.